The molecular weight excluding hydrogens is 152 g/mol. The summed E-state index contributed by atoms with van der Waals surface area (Å²) < 4.78 is 5.64. The summed E-state index contributed by atoms with van der Waals surface area (Å²) in [4.78, 5) is 0. The lowest BCUT2D eigenvalue weighted by atomic mass is 9.78. The summed E-state index contributed by atoms with van der Waals surface area (Å²) >= 11 is 0. The van der Waals surface area contributed by atoms with Crippen LogP contribution in [0.1, 0.15) is 26.2 Å². The molecule has 1 heterocycles. The molecule has 3 rings (SSSR count). The van der Waals surface area contributed by atoms with Crippen LogP contribution in [-0.4, -0.2) is 22.9 Å². The lowest BCUT2D eigenvalue weighted by Crippen LogP contribution is -2.28. The molecule has 12 heavy (non-hydrogen) atoms. The van der Waals surface area contributed by atoms with E-state index in [9.17, 15) is 5.11 Å². The van der Waals surface area contributed by atoms with Gasteiger partial charge in [-0.2, -0.15) is 0 Å². The Balaban J connectivity index is 2.12. The highest BCUT2D eigenvalue weighted by atomic mass is 16.6. The van der Waals surface area contributed by atoms with Gasteiger partial charge in [0.25, 0.3) is 0 Å². The first-order valence-electron chi connectivity index (χ1n) is 4.67. The quantitative estimate of drug-likeness (QED) is 0.434. The second kappa shape index (κ2) is 1.64. The van der Waals surface area contributed by atoms with Crippen LogP contribution in [0.4, 0.5) is 0 Å². The first-order chi connectivity index (χ1) is 5.62. The molecule has 0 aromatic carbocycles. The average molecular weight is 166 g/mol. The van der Waals surface area contributed by atoms with Crippen molar-refractivity contribution in [3.63, 3.8) is 0 Å². The fourth-order valence-corrected chi connectivity index (χ4v) is 3.29. The molecule has 2 aliphatic carbocycles. The van der Waals surface area contributed by atoms with Crippen molar-refractivity contribution in [1.82, 2.24) is 0 Å². The van der Waals surface area contributed by atoms with E-state index < -0.39 is 6.10 Å². The zero-order valence-electron chi connectivity index (χ0n) is 7.34. The maximum absolute atomic E-state index is 9.75. The SMILES string of the molecule is C=C1[C@@H](O)C2OC23CCCC13C. The van der Waals surface area contributed by atoms with Gasteiger partial charge in [-0.15, -0.1) is 0 Å². The van der Waals surface area contributed by atoms with Gasteiger partial charge in [-0.1, -0.05) is 13.5 Å². The average Bonchev–Trinajstić information content (AvgIpc) is 2.63. The molecular formula is C10H14O2. The Morgan fingerprint density at radius 1 is 1.58 bits per heavy atom. The molecule has 0 aromatic heterocycles. The molecule has 1 aliphatic heterocycles. The smallest absolute Gasteiger partial charge is 0.118 e. The van der Waals surface area contributed by atoms with E-state index in [0.717, 1.165) is 18.4 Å². The van der Waals surface area contributed by atoms with Gasteiger partial charge < -0.3 is 9.84 Å². The standard InChI is InChI=1S/C10H14O2/c1-6-7(11)8-10(12-8)5-3-4-9(6,10)2/h7-8,11H,1,3-5H2,2H3/t7-,8?,9?,10?/m1/s1. The lowest BCUT2D eigenvalue weighted by Gasteiger charge is -2.28. The van der Waals surface area contributed by atoms with E-state index in [4.69, 9.17) is 4.74 Å². The Hall–Kier alpha value is -0.340. The third kappa shape index (κ3) is 0.461. The first-order valence-corrected chi connectivity index (χ1v) is 4.67. The molecule has 1 saturated heterocycles. The van der Waals surface area contributed by atoms with Crippen LogP contribution in [0.15, 0.2) is 12.2 Å². The van der Waals surface area contributed by atoms with Crippen LogP contribution in [-0.2, 0) is 4.74 Å². The molecule has 2 heteroatoms. The first kappa shape index (κ1) is 7.10. The second-order valence-corrected chi connectivity index (χ2v) is 4.58. The number of aliphatic hydroxyl groups excluding tert-OH is 1. The minimum atomic E-state index is -0.393. The number of hydrogen-bond acceptors (Lipinski definition) is 2. The number of aliphatic hydroxyl groups is 1. The predicted octanol–water partition coefficient (Wildman–Crippen LogP) is 1.24. The monoisotopic (exact) mass is 166 g/mol. The fourth-order valence-electron chi connectivity index (χ4n) is 3.29. The lowest BCUT2D eigenvalue weighted by molar-refractivity contribution is 0.107. The van der Waals surface area contributed by atoms with Crippen molar-refractivity contribution in [2.45, 2.75) is 44.0 Å². The van der Waals surface area contributed by atoms with Gasteiger partial charge in [0, 0.05) is 5.41 Å². The molecule has 1 spiro atoms. The number of rotatable bonds is 0. The highest BCUT2D eigenvalue weighted by Gasteiger charge is 2.77. The molecule has 3 fully saturated rings. The van der Waals surface area contributed by atoms with E-state index in [-0.39, 0.29) is 17.1 Å². The normalized spacial score (nSPS) is 61.7. The topological polar surface area (TPSA) is 32.8 Å². The number of hydrogen-bond donors (Lipinski definition) is 1. The van der Waals surface area contributed by atoms with Crippen molar-refractivity contribution < 1.29 is 9.84 Å². The number of ether oxygens (including phenoxy) is 1. The van der Waals surface area contributed by atoms with Gasteiger partial charge in [-0.25, -0.2) is 0 Å². The summed E-state index contributed by atoms with van der Waals surface area (Å²) in [6.07, 6.45) is 3.16. The van der Waals surface area contributed by atoms with Crippen molar-refractivity contribution >= 4 is 0 Å². The summed E-state index contributed by atoms with van der Waals surface area (Å²) in [5.74, 6) is 0. The van der Waals surface area contributed by atoms with Crippen molar-refractivity contribution in [2.24, 2.45) is 5.41 Å². The Morgan fingerprint density at radius 2 is 2.33 bits per heavy atom. The Bertz CT molecular complexity index is 273. The minimum Gasteiger partial charge on any atom is -0.386 e. The molecule has 66 valence electrons. The van der Waals surface area contributed by atoms with Crippen LogP contribution in [0.25, 0.3) is 0 Å². The van der Waals surface area contributed by atoms with Gasteiger partial charge in [-0.3, -0.25) is 0 Å². The van der Waals surface area contributed by atoms with Gasteiger partial charge in [0.2, 0.25) is 0 Å². The predicted molar refractivity (Wildman–Crippen MR) is 44.7 cm³/mol. The number of epoxide rings is 1. The molecule has 1 N–H and O–H groups in total. The molecule has 0 bridgehead atoms. The Labute approximate surface area is 72.2 Å². The third-order valence-corrected chi connectivity index (χ3v) is 4.25. The van der Waals surface area contributed by atoms with Crippen molar-refractivity contribution in [2.75, 3.05) is 0 Å². The van der Waals surface area contributed by atoms with Crippen LogP contribution < -0.4 is 0 Å². The summed E-state index contributed by atoms with van der Waals surface area (Å²) in [6.45, 7) is 6.19. The summed E-state index contributed by atoms with van der Waals surface area (Å²) in [6, 6.07) is 0. The fraction of sp³-hybridized carbons (Fsp3) is 0.800. The van der Waals surface area contributed by atoms with Gasteiger partial charge >= 0.3 is 0 Å². The zero-order chi connectivity index (χ0) is 8.56. The maximum atomic E-state index is 9.75. The van der Waals surface area contributed by atoms with E-state index in [2.05, 4.69) is 13.5 Å². The molecule has 0 aromatic rings. The van der Waals surface area contributed by atoms with Crippen LogP contribution in [0, 0.1) is 5.41 Å². The third-order valence-electron chi connectivity index (χ3n) is 4.25. The van der Waals surface area contributed by atoms with Crippen molar-refractivity contribution in [3.05, 3.63) is 12.2 Å². The molecule has 2 nitrogen and oxygen atoms in total. The molecule has 0 radical (unpaired) electrons. The van der Waals surface area contributed by atoms with Gasteiger partial charge in [-0.05, 0) is 24.8 Å². The zero-order valence-corrected chi connectivity index (χ0v) is 7.34. The summed E-state index contributed by atoms with van der Waals surface area (Å²) in [5.41, 5.74) is 1.09. The Morgan fingerprint density at radius 3 is 3.00 bits per heavy atom. The maximum Gasteiger partial charge on any atom is 0.118 e. The van der Waals surface area contributed by atoms with Crippen LogP contribution >= 0.6 is 0 Å². The van der Waals surface area contributed by atoms with E-state index in [1.807, 2.05) is 0 Å². The van der Waals surface area contributed by atoms with Crippen molar-refractivity contribution in [3.8, 4) is 0 Å². The van der Waals surface area contributed by atoms with E-state index in [1.165, 1.54) is 6.42 Å². The molecule has 2 saturated carbocycles. The van der Waals surface area contributed by atoms with Gasteiger partial charge in [0.15, 0.2) is 0 Å². The summed E-state index contributed by atoms with van der Waals surface area (Å²) in [7, 11) is 0. The van der Waals surface area contributed by atoms with Gasteiger partial charge in [0.05, 0.1) is 0 Å². The Kier molecular flexibility index (Phi) is 0.968. The minimum absolute atomic E-state index is 0.00347. The van der Waals surface area contributed by atoms with Crippen molar-refractivity contribution in [1.29, 1.82) is 0 Å². The second-order valence-electron chi connectivity index (χ2n) is 4.58. The highest BCUT2D eigenvalue weighted by molar-refractivity contribution is 5.40. The van der Waals surface area contributed by atoms with Crippen LogP contribution in [0.5, 0.6) is 0 Å². The van der Waals surface area contributed by atoms with E-state index in [1.54, 1.807) is 0 Å². The largest absolute Gasteiger partial charge is 0.386 e. The van der Waals surface area contributed by atoms with E-state index >= 15 is 0 Å². The highest BCUT2D eigenvalue weighted by Crippen LogP contribution is 2.70. The molecule has 3 aliphatic rings. The van der Waals surface area contributed by atoms with Crippen LogP contribution in [0.3, 0.4) is 0 Å². The molecule has 4 atom stereocenters. The van der Waals surface area contributed by atoms with E-state index in [0.29, 0.717) is 0 Å². The summed E-state index contributed by atoms with van der Waals surface area (Å²) in [5, 5.41) is 9.75. The van der Waals surface area contributed by atoms with Crippen LogP contribution in [0.2, 0.25) is 0 Å². The molecule has 3 unspecified atom stereocenters. The molecule has 0 amide bonds. The van der Waals surface area contributed by atoms with Gasteiger partial charge in [0.1, 0.15) is 17.8 Å².